The molecule has 2 aromatic rings. The van der Waals surface area contributed by atoms with E-state index in [0.29, 0.717) is 17.2 Å². The van der Waals surface area contributed by atoms with Crippen molar-refractivity contribution in [2.24, 2.45) is 0 Å². The highest BCUT2D eigenvalue weighted by atomic mass is 35.5. The van der Waals surface area contributed by atoms with Gasteiger partial charge in [-0.15, -0.1) is 0 Å². The van der Waals surface area contributed by atoms with Crippen LogP contribution in [0.4, 0.5) is 5.69 Å². The van der Waals surface area contributed by atoms with Crippen LogP contribution in [0.5, 0.6) is 5.75 Å². The standard InChI is InChI=1S/C17H18ClNO2/c1-3-15(21-16-12-8-7-11-14(16)18)17(20)19(2)13-9-5-4-6-10-13/h4-12,15H,3H2,1-2H3. The molecular formula is C17H18ClNO2. The zero-order chi connectivity index (χ0) is 15.2. The van der Waals surface area contributed by atoms with E-state index in [1.54, 1.807) is 24.1 Å². The lowest BCUT2D eigenvalue weighted by atomic mass is 10.2. The minimum atomic E-state index is -0.560. The molecule has 0 heterocycles. The maximum atomic E-state index is 12.5. The first-order chi connectivity index (χ1) is 10.1. The molecule has 110 valence electrons. The van der Waals surface area contributed by atoms with Gasteiger partial charge in [0.15, 0.2) is 6.10 Å². The molecule has 0 radical (unpaired) electrons. The maximum Gasteiger partial charge on any atom is 0.267 e. The molecule has 0 saturated heterocycles. The summed E-state index contributed by atoms with van der Waals surface area (Å²) in [6.07, 6.45) is 0.0106. The first-order valence-electron chi connectivity index (χ1n) is 6.87. The van der Waals surface area contributed by atoms with Crippen molar-refractivity contribution in [3.63, 3.8) is 0 Å². The first-order valence-corrected chi connectivity index (χ1v) is 7.25. The molecule has 0 N–H and O–H groups in total. The first kappa shape index (κ1) is 15.4. The Labute approximate surface area is 130 Å². The number of hydrogen-bond acceptors (Lipinski definition) is 2. The average Bonchev–Trinajstić information content (AvgIpc) is 2.53. The summed E-state index contributed by atoms with van der Waals surface area (Å²) in [6, 6.07) is 16.7. The van der Waals surface area contributed by atoms with Crippen LogP contribution in [0.2, 0.25) is 5.02 Å². The second-order valence-corrected chi connectivity index (χ2v) is 5.09. The minimum absolute atomic E-state index is 0.0939. The fourth-order valence-electron chi connectivity index (χ4n) is 2.00. The van der Waals surface area contributed by atoms with Crippen molar-refractivity contribution in [3.8, 4) is 5.75 Å². The fraction of sp³-hybridized carbons (Fsp3) is 0.235. The van der Waals surface area contributed by atoms with Gasteiger partial charge in [0.05, 0.1) is 5.02 Å². The SMILES string of the molecule is CCC(Oc1ccccc1Cl)C(=O)N(C)c1ccccc1. The zero-order valence-electron chi connectivity index (χ0n) is 12.1. The number of rotatable bonds is 5. The van der Waals surface area contributed by atoms with E-state index < -0.39 is 6.10 Å². The second kappa shape index (κ2) is 7.14. The van der Waals surface area contributed by atoms with Crippen molar-refractivity contribution in [2.75, 3.05) is 11.9 Å². The number of nitrogens with zero attached hydrogens (tertiary/aromatic N) is 1. The van der Waals surface area contributed by atoms with Gasteiger partial charge in [0.1, 0.15) is 5.75 Å². The van der Waals surface area contributed by atoms with E-state index in [9.17, 15) is 4.79 Å². The number of para-hydroxylation sites is 2. The van der Waals surface area contributed by atoms with E-state index in [-0.39, 0.29) is 5.91 Å². The average molecular weight is 304 g/mol. The molecule has 0 aliphatic rings. The number of carbonyl (C=O) groups is 1. The molecule has 1 atom stereocenters. The van der Waals surface area contributed by atoms with Gasteiger partial charge in [-0.1, -0.05) is 48.9 Å². The molecule has 3 nitrogen and oxygen atoms in total. The quantitative estimate of drug-likeness (QED) is 0.830. The van der Waals surface area contributed by atoms with Crippen LogP contribution in [-0.2, 0) is 4.79 Å². The van der Waals surface area contributed by atoms with Crippen molar-refractivity contribution in [2.45, 2.75) is 19.4 Å². The molecular weight excluding hydrogens is 286 g/mol. The molecule has 0 aliphatic carbocycles. The molecule has 1 unspecified atom stereocenters. The predicted molar refractivity (Wildman–Crippen MR) is 86.0 cm³/mol. The summed E-state index contributed by atoms with van der Waals surface area (Å²) >= 11 is 6.08. The van der Waals surface area contributed by atoms with Crippen LogP contribution in [0.1, 0.15) is 13.3 Å². The molecule has 2 aromatic carbocycles. The van der Waals surface area contributed by atoms with Crippen molar-refractivity contribution in [1.82, 2.24) is 0 Å². The van der Waals surface area contributed by atoms with Crippen LogP contribution in [-0.4, -0.2) is 19.1 Å². The van der Waals surface area contributed by atoms with Gasteiger partial charge in [-0.05, 0) is 30.7 Å². The Hall–Kier alpha value is -2.00. The molecule has 0 bridgehead atoms. The van der Waals surface area contributed by atoms with E-state index in [1.165, 1.54) is 0 Å². The van der Waals surface area contributed by atoms with Crippen LogP contribution < -0.4 is 9.64 Å². The van der Waals surface area contributed by atoms with Gasteiger partial charge in [-0.3, -0.25) is 4.79 Å². The summed E-state index contributed by atoms with van der Waals surface area (Å²) in [6.45, 7) is 1.91. The van der Waals surface area contributed by atoms with Crippen molar-refractivity contribution in [3.05, 3.63) is 59.6 Å². The molecule has 1 amide bonds. The molecule has 0 saturated carbocycles. The number of benzene rings is 2. The van der Waals surface area contributed by atoms with Gasteiger partial charge in [0, 0.05) is 12.7 Å². The Morgan fingerprint density at radius 3 is 2.38 bits per heavy atom. The fourth-order valence-corrected chi connectivity index (χ4v) is 2.18. The Morgan fingerprint density at radius 2 is 1.76 bits per heavy atom. The van der Waals surface area contributed by atoms with Gasteiger partial charge in [-0.25, -0.2) is 0 Å². The molecule has 4 heteroatoms. The Kier molecular flexibility index (Phi) is 5.23. The summed E-state index contributed by atoms with van der Waals surface area (Å²) in [5.41, 5.74) is 0.837. The number of hydrogen-bond donors (Lipinski definition) is 0. The molecule has 2 rings (SSSR count). The summed E-state index contributed by atoms with van der Waals surface area (Å²) < 4.78 is 5.78. The van der Waals surface area contributed by atoms with Gasteiger partial charge >= 0.3 is 0 Å². The van der Waals surface area contributed by atoms with Gasteiger partial charge < -0.3 is 9.64 Å². The molecule has 0 aliphatic heterocycles. The molecule has 0 spiro atoms. The number of ether oxygens (including phenoxy) is 1. The minimum Gasteiger partial charge on any atom is -0.479 e. The third-order valence-electron chi connectivity index (χ3n) is 3.23. The van der Waals surface area contributed by atoms with Gasteiger partial charge in [0.25, 0.3) is 5.91 Å². The summed E-state index contributed by atoms with van der Waals surface area (Å²) in [5.74, 6) is 0.435. The van der Waals surface area contributed by atoms with Crippen LogP contribution in [0.25, 0.3) is 0 Å². The number of likely N-dealkylation sites (N-methyl/N-ethyl adjacent to an activating group) is 1. The van der Waals surface area contributed by atoms with Gasteiger partial charge in [-0.2, -0.15) is 0 Å². The van der Waals surface area contributed by atoms with E-state index in [1.807, 2.05) is 49.4 Å². The second-order valence-electron chi connectivity index (χ2n) is 4.68. The summed E-state index contributed by atoms with van der Waals surface area (Å²) in [4.78, 5) is 14.2. The Morgan fingerprint density at radius 1 is 1.14 bits per heavy atom. The monoisotopic (exact) mass is 303 g/mol. The van der Waals surface area contributed by atoms with Crippen LogP contribution in [0.15, 0.2) is 54.6 Å². The Balaban J connectivity index is 2.14. The number of halogens is 1. The smallest absolute Gasteiger partial charge is 0.267 e. The van der Waals surface area contributed by atoms with E-state index >= 15 is 0 Å². The maximum absolute atomic E-state index is 12.5. The summed E-state index contributed by atoms with van der Waals surface area (Å²) in [5, 5.41) is 0.506. The molecule has 21 heavy (non-hydrogen) atoms. The number of carbonyl (C=O) groups excluding carboxylic acids is 1. The topological polar surface area (TPSA) is 29.5 Å². The zero-order valence-corrected chi connectivity index (χ0v) is 12.9. The highest BCUT2D eigenvalue weighted by Gasteiger charge is 2.23. The van der Waals surface area contributed by atoms with Crippen molar-refractivity contribution in [1.29, 1.82) is 0 Å². The predicted octanol–water partition coefficient (Wildman–Crippen LogP) is 4.16. The van der Waals surface area contributed by atoms with Crippen LogP contribution in [0.3, 0.4) is 0 Å². The third-order valence-corrected chi connectivity index (χ3v) is 3.54. The van der Waals surface area contributed by atoms with Gasteiger partial charge in [0.2, 0.25) is 0 Å². The lowest BCUT2D eigenvalue weighted by Gasteiger charge is -2.24. The number of amides is 1. The van der Waals surface area contributed by atoms with E-state index in [2.05, 4.69) is 0 Å². The van der Waals surface area contributed by atoms with Crippen LogP contribution >= 0.6 is 11.6 Å². The number of anilines is 1. The molecule has 0 fully saturated rings. The van der Waals surface area contributed by atoms with E-state index in [0.717, 1.165) is 5.69 Å². The normalized spacial score (nSPS) is 11.8. The van der Waals surface area contributed by atoms with E-state index in [4.69, 9.17) is 16.3 Å². The van der Waals surface area contributed by atoms with Crippen LogP contribution in [0, 0.1) is 0 Å². The highest BCUT2D eigenvalue weighted by Crippen LogP contribution is 2.25. The highest BCUT2D eigenvalue weighted by molar-refractivity contribution is 6.32. The largest absolute Gasteiger partial charge is 0.479 e. The third kappa shape index (κ3) is 3.76. The Bertz CT molecular complexity index is 601. The molecule has 0 aromatic heterocycles. The van der Waals surface area contributed by atoms with Crippen molar-refractivity contribution >= 4 is 23.2 Å². The lowest BCUT2D eigenvalue weighted by molar-refractivity contribution is -0.125. The van der Waals surface area contributed by atoms with Crippen molar-refractivity contribution < 1.29 is 9.53 Å². The summed E-state index contributed by atoms with van der Waals surface area (Å²) in [7, 11) is 1.75. The lowest BCUT2D eigenvalue weighted by Crippen LogP contribution is -2.39.